The molecule has 1 aromatic heterocycles. The van der Waals surface area contributed by atoms with Gasteiger partial charge in [0.25, 0.3) is 0 Å². The highest BCUT2D eigenvalue weighted by Crippen LogP contribution is 2.50. The monoisotopic (exact) mass is 390 g/mol. The van der Waals surface area contributed by atoms with E-state index in [2.05, 4.69) is 20.5 Å². The van der Waals surface area contributed by atoms with Gasteiger partial charge in [0.2, 0.25) is 5.88 Å². The number of rotatable bonds is 4. The third-order valence-electron chi connectivity index (χ3n) is 6.62. The van der Waals surface area contributed by atoms with Gasteiger partial charge in [-0.2, -0.15) is 0 Å². The molecule has 0 bridgehead atoms. The summed E-state index contributed by atoms with van der Waals surface area (Å²) in [5, 5.41) is 16.9. The molecule has 2 atom stereocenters. The van der Waals surface area contributed by atoms with Crippen LogP contribution in [0, 0.1) is 0 Å². The van der Waals surface area contributed by atoms with E-state index in [4.69, 9.17) is 9.47 Å². The normalized spacial score (nSPS) is 32.0. The van der Waals surface area contributed by atoms with Crippen molar-refractivity contribution >= 4 is 11.8 Å². The Balaban J connectivity index is 1.39. The lowest BCUT2D eigenvalue weighted by Crippen LogP contribution is -2.47. The highest BCUT2D eigenvalue weighted by Gasteiger charge is 2.49. The second kappa shape index (κ2) is 7.75. The molecule has 1 saturated carbocycles. The van der Waals surface area contributed by atoms with Gasteiger partial charge < -0.3 is 25.2 Å². The summed E-state index contributed by atoms with van der Waals surface area (Å²) >= 11 is 0. The van der Waals surface area contributed by atoms with Gasteiger partial charge in [-0.15, -0.1) is 0 Å². The average molecular weight is 390 g/mol. The van der Waals surface area contributed by atoms with E-state index in [1.165, 1.54) is 0 Å². The number of hydrogen-bond donors (Lipinski definition) is 3. The van der Waals surface area contributed by atoms with E-state index < -0.39 is 6.23 Å². The van der Waals surface area contributed by atoms with E-state index in [0.29, 0.717) is 18.5 Å². The van der Waals surface area contributed by atoms with Crippen LogP contribution < -0.4 is 15.4 Å². The highest BCUT2D eigenvalue weighted by molar-refractivity contribution is 5.67. The molecule has 3 N–H and O–H groups in total. The molecular formula is C20H30N4O4. The standard InChI is InChI=1S/C20H30N4O4/c1-3-28-19(26)22-13-6-9-24(12-13)14-4-7-20(8-5-14)15-10-17(27-2)21-11-16(15)23-18(20)25/h10-11,13-14,18,23,25H,3-9,12H2,1-2H3,(H,22,26)/t13-,14?,18?,20?/m0/s1. The number of aliphatic hydroxyl groups excluding tert-OH is 1. The number of carbonyl (C=O) groups is 1. The van der Waals surface area contributed by atoms with Crippen molar-refractivity contribution in [3.8, 4) is 5.88 Å². The van der Waals surface area contributed by atoms with Crippen molar-refractivity contribution in [1.29, 1.82) is 0 Å². The number of alkyl carbamates (subject to hydrolysis) is 1. The van der Waals surface area contributed by atoms with Crippen LogP contribution in [0.5, 0.6) is 5.88 Å². The summed E-state index contributed by atoms with van der Waals surface area (Å²) in [5.74, 6) is 0.587. The Morgan fingerprint density at radius 3 is 2.93 bits per heavy atom. The molecule has 1 amide bonds. The maximum atomic E-state index is 11.7. The van der Waals surface area contributed by atoms with E-state index >= 15 is 0 Å². The Labute approximate surface area is 165 Å². The molecule has 1 spiro atoms. The van der Waals surface area contributed by atoms with E-state index in [1.807, 2.05) is 13.0 Å². The Morgan fingerprint density at radius 2 is 2.21 bits per heavy atom. The van der Waals surface area contributed by atoms with Gasteiger partial charge in [-0.1, -0.05) is 0 Å². The van der Waals surface area contributed by atoms with Crippen LogP contribution in [0.3, 0.4) is 0 Å². The molecule has 3 aliphatic rings. The fourth-order valence-corrected chi connectivity index (χ4v) is 5.11. The van der Waals surface area contributed by atoms with Crippen molar-refractivity contribution in [2.45, 2.75) is 62.8 Å². The number of fused-ring (bicyclic) bond motifs is 2. The molecule has 154 valence electrons. The van der Waals surface area contributed by atoms with Crippen LogP contribution in [-0.4, -0.2) is 66.2 Å². The minimum absolute atomic E-state index is 0.157. The summed E-state index contributed by atoms with van der Waals surface area (Å²) in [4.78, 5) is 18.4. The molecule has 1 unspecified atom stereocenters. The summed E-state index contributed by atoms with van der Waals surface area (Å²) in [6.45, 7) is 4.06. The van der Waals surface area contributed by atoms with E-state index in [-0.39, 0.29) is 17.6 Å². The maximum absolute atomic E-state index is 11.7. The number of likely N-dealkylation sites (tertiary alicyclic amines) is 1. The number of methoxy groups -OCH3 is 1. The molecule has 2 fully saturated rings. The number of pyridine rings is 1. The largest absolute Gasteiger partial charge is 0.481 e. The van der Waals surface area contributed by atoms with Crippen LogP contribution in [-0.2, 0) is 10.2 Å². The van der Waals surface area contributed by atoms with Crippen molar-refractivity contribution in [1.82, 2.24) is 15.2 Å². The third-order valence-corrected chi connectivity index (χ3v) is 6.62. The van der Waals surface area contributed by atoms with Crippen molar-refractivity contribution in [2.75, 3.05) is 32.1 Å². The van der Waals surface area contributed by atoms with E-state index in [9.17, 15) is 9.90 Å². The average Bonchev–Trinajstić information content (AvgIpc) is 3.26. The van der Waals surface area contributed by atoms with Gasteiger partial charge in [-0.3, -0.25) is 4.90 Å². The molecule has 4 rings (SSSR count). The van der Waals surface area contributed by atoms with Crippen molar-refractivity contribution in [3.05, 3.63) is 17.8 Å². The number of nitrogens with zero attached hydrogens (tertiary/aromatic N) is 2. The predicted molar refractivity (Wildman–Crippen MR) is 104 cm³/mol. The van der Waals surface area contributed by atoms with Gasteiger partial charge in [0.05, 0.1) is 25.6 Å². The summed E-state index contributed by atoms with van der Waals surface area (Å²) in [6.07, 6.45) is 5.67. The minimum atomic E-state index is -0.589. The number of anilines is 1. The second-order valence-corrected chi connectivity index (χ2v) is 8.05. The SMILES string of the molecule is CCOC(=O)N[C@H]1CCN(C2CCC3(CC2)c2cc(OC)ncc2NC3O)C1. The quantitative estimate of drug-likeness (QED) is 0.722. The number of hydrogen-bond acceptors (Lipinski definition) is 7. The lowest BCUT2D eigenvalue weighted by atomic mass is 9.68. The molecule has 0 radical (unpaired) electrons. The van der Waals surface area contributed by atoms with E-state index in [1.54, 1.807) is 13.3 Å². The molecule has 1 aromatic rings. The predicted octanol–water partition coefficient (Wildman–Crippen LogP) is 1.83. The van der Waals surface area contributed by atoms with Crippen LogP contribution in [0.4, 0.5) is 10.5 Å². The zero-order chi connectivity index (χ0) is 19.7. The van der Waals surface area contributed by atoms with Gasteiger partial charge in [0, 0.05) is 36.7 Å². The molecule has 2 aliphatic heterocycles. The van der Waals surface area contributed by atoms with Gasteiger partial charge in [0.15, 0.2) is 0 Å². The van der Waals surface area contributed by atoms with E-state index in [0.717, 1.165) is 56.4 Å². The molecular weight excluding hydrogens is 360 g/mol. The fourth-order valence-electron chi connectivity index (χ4n) is 5.11. The zero-order valence-electron chi connectivity index (χ0n) is 16.6. The summed E-state index contributed by atoms with van der Waals surface area (Å²) in [6, 6.07) is 2.61. The fraction of sp³-hybridized carbons (Fsp3) is 0.700. The smallest absolute Gasteiger partial charge is 0.407 e. The van der Waals surface area contributed by atoms with Crippen LogP contribution in [0.2, 0.25) is 0 Å². The van der Waals surface area contributed by atoms with Crippen molar-refractivity contribution < 1.29 is 19.4 Å². The second-order valence-electron chi connectivity index (χ2n) is 8.05. The molecule has 1 saturated heterocycles. The van der Waals surface area contributed by atoms with Gasteiger partial charge >= 0.3 is 6.09 Å². The van der Waals surface area contributed by atoms with Gasteiger partial charge in [-0.25, -0.2) is 9.78 Å². The van der Waals surface area contributed by atoms with Crippen LogP contribution in [0.15, 0.2) is 12.3 Å². The number of ether oxygens (including phenoxy) is 2. The lowest BCUT2D eigenvalue weighted by Gasteiger charge is -2.42. The van der Waals surface area contributed by atoms with Crippen molar-refractivity contribution in [3.63, 3.8) is 0 Å². The Hall–Kier alpha value is -2.06. The number of aromatic nitrogens is 1. The number of carbonyl (C=O) groups excluding carboxylic acids is 1. The first-order chi connectivity index (χ1) is 13.6. The summed E-state index contributed by atoms with van der Waals surface area (Å²) < 4.78 is 10.3. The molecule has 0 aromatic carbocycles. The molecule has 1 aliphatic carbocycles. The first-order valence-electron chi connectivity index (χ1n) is 10.2. The number of amides is 1. The van der Waals surface area contributed by atoms with Gasteiger partial charge in [0.1, 0.15) is 6.23 Å². The zero-order valence-corrected chi connectivity index (χ0v) is 16.6. The van der Waals surface area contributed by atoms with Crippen LogP contribution in [0.1, 0.15) is 44.6 Å². The minimum Gasteiger partial charge on any atom is -0.481 e. The molecule has 28 heavy (non-hydrogen) atoms. The molecule has 8 nitrogen and oxygen atoms in total. The number of aliphatic hydroxyl groups is 1. The van der Waals surface area contributed by atoms with Crippen molar-refractivity contribution in [2.24, 2.45) is 0 Å². The number of nitrogens with one attached hydrogen (secondary N) is 2. The van der Waals surface area contributed by atoms with Crippen LogP contribution in [0.25, 0.3) is 0 Å². The highest BCUT2D eigenvalue weighted by atomic mass is 16.5. The summed E-state index contributed by atoms with van der Waals surface area (Å²) in [5.41, 5.74) is 1.75. The third kappa shape index (κ3) is 3.39. The van der Waals surface area contributed by atoms with Gasteiger partial charge in [-0.05, 0) is 44.6 Å². The lowest BCUT2D eigenvalue weighted by molar-refractivity contribution is 0.0581. The molecule has 8 heteroatoms. The maximum Gasteiger partial charge on any atom is 0.407 e. The summed E-state index contributed by atoms with van der Waals surface area (Å²) in [7, 11) is 1.62. The van der Waals surface area contributed by atoms with Crippen LogP contribution >= 0.6 is 0 Å². The Morgan fingerprint density at radius 1 is 1.43 bits per heavy atom. The first-order valence-corrected chi connectivity index (χ1v) is 10.2. The Kier molecular flexibility index (Phi) is 5.33. The molecule has 3 heterocycles. The topological polar surface area (TPSA) is 96.0 Å². The Bertz CT molecular complexity index is 720. The first kappa shape index (κ1) is 19.3.